The molecular formula is C5H10F2N2. The molecule has 0 aliphatic carbocycles. The van der Waals surface area contributed by atoms with Gasteiger partial charge in [0, 0.05) is 26.2 Å². The van der Waals surface area contributed by atoms with Gasteiger partial charge in [-0.1, -0.05) is 0 Å². The van der Waals surface area contributed by atoms with Gasteiger partial charge >= 0.3 is 0 Å². The van der Waals surface area contributed by atoms with Gasteiger partial charge < -0.3 is 0 Å². The summed E-state index contributed by atoms with van der Waals surface area (Å²) >= 11 is 0. The summed E-state index contributed by atoms with van der Waals surface area (Å²) in [5.41, 5.74) is 0. The topological polar surface area (TPSA) is 6.48 Å². The van der Waals surface area contributed by atoms with Crippen molar-refractivity contribution < 1.29 is 8.96 Å². The zero-order chi connectivity index (χ0) is 6.69. The van der Waals surface area contributed by atoms with Gasteiger partial charge in [0.2, 0.25) is 0 Å². The van der Waals surface area contributed by atoms with Crippen LogP contribution in [-0.2, 0) is 0 Å². The number of nitrogens with zero attached hydrogens (tertiary/aromatic N) is 2. The number of hydrogen-bond acceptors (Lipinski definition) is 2. The predicted octanol–water partition coefficient (Wildman–Crippen LogP) is 0.763. The SMILES string of the molecule is FN1CCCN(F)CC1. The first-order valence-corrected chi connectivity index (χ1v) is 3.10. The van der Waals surface area contributed by atoms with Crippen LogP contribution in [0.4, 0.5) is 8.96 Å². The van der Waals surface area contributed by atoms with Crippen molar-refractivity contribution in [3.8, 4) is 0 Å². The molecule has 0 atom stereocenters. The predicted molar refractivity (Wildman–Crippen MR) is 30.0 cm³/mol. The second kappa shape index (κ2) is 3.08. The summed E-state index contributed by atoms with van der Waals surface area (Å²) in [5.74, 6) is 0. The Hall–Kier alpha value is -0.220. The van der Waals surface area contributed by atoms with E-state index in [1.807, 2.05) is 0 Å². The van der Waals surface area contributed by atoms with E-state index in [9.17, 15) is 8.96 Å². The first-order chi connectivity index (χ1) is 4.29. The average molecular weight is 136 g/mol. The van der Waals surface area contributed by atoms with Crippen LogP contribution < -0.4 is 0 Å². The van der Waals surface area contributed by atoms with Gasteiger partial charge in [0.25, 0.3) is 0 Å². The van der Waals surface area contributed by atoms with Crippen LogP contribution in [-0.4, -0.2) is 36.4 Å². The van der Waals surface area contributed by atoms with Crippen LogP contribution in [0.15, 0.2) is 0 Å². The molecule has 0 unspecified atom stereocenters. The fraction of sp³-hybridized carbons (Fsp3) is 1.00. The standard InChI is InChI=1S/C5H10F2N2/c6-8-2-1-3-9(7)5-4-8/h1-5H2. The van der Waals surface area contributed by atoms with Crippen molar-refractivity contribution in [1.29, 1.82) is 0 Å². The molecule has 0 N–H and O–H groups in total. The van der Waals surface area contributed by atoms with Crippen molar-refractivity contribution >= 4 is 0 Å². The molecule has 1 saturated heterocycles. The Balaban J connectivity index is 2.25. The van der Waals surface area contributed by atoms with Crippen LogP contribution in [0.25, 0.3) is 0 Å². The second-order valence-corrected chi connectivity index (χ2v) is 2.17. The molecule has 4 heteroatoms. The first kappa shape index (κ1) is 6.89. The van der Waals surface area contributed by atoms with E-state index < -0.39 is 0 Å². The third-order valence-electron chi connectivity index (χ3n) is 1.39. The smallest absolute Gasteiger partial charge is 0.0444 e. The molecular weight excluding hydrogens is 126 g/mol. The van der Waals surface area contributed by atoms with Crippen molar-refractivity contribution in [3.05, 3.63) is 0 Å². The molecule has 0 bridgehead atoms. The maximum atomic E-state index is 12.3. The van der Waals surface area contributed by atoms with Crippen LogP contribution in [0.5, 0.6) is 0 Å². The lowest BCUT2D eigenvalue weighted by Crippen LogP contribution is -2.20. The van der Waals surface area contributed by atoms with E-state index in [2.05, 4.69) is 0 Å². The summed E-state index contributed by atoms with van der Waals surface area (Å²) in [5, 5.41) is 1.30. The quantitative estimate of drug-likeness (QED) is 0.454. The molecule has 1 heterocycles. The summed E-state index contributed by atoms with van der Waals surface area (Å²) < 4.78 is 24.5. The molecule has 1 rings (SSSR count). The van der Waals surface area contributed by atoms with Crippen LogP contribution in [0.2, 0.25) is 0 Å². The molecule has 2 nitrogen and oxygen atoms in total. The molecule has 0 aromatic rings. The Morgan fingerprint density at radius 3 is 1.67 bits per heavy atom. The van der Waals surface area contributed by atoms with Gasteiger partial charge in [0.15, 0.2) is 0 Å². The molecule has 0 saturated carbocycles. The van der Waals surface area contributed by atoms with Gasteiger partial charge in [-0.2, -0.15) is 0 Å². The fourth-order valence-corrected chi connectivity index (χ4v) is 0.854. The number of rotatable bonds is 0. The van der Waals surface area contributed by atoms with Gasteiger partial charge in [-0.05, 0) is 6.42 Å². The summed E-state index contributed by atoms with van der Waals surface area (Å²) in [7, 11) is 0. The third kappa shape index (κ3) is 2.24. The summed E-state index contributed by atoms with van der Waals surface area (Å²) in [4.78, 5) is 0. The van der Waals surface area contributed by atoms with E-state index in [-0.39, 0.29) is 13.1 Å². The first-order valence-electron chi connectivity index (χ1n) is 3.10. The minimum Gasteiger partial charge on any atom is -0.145 e. The molecule has 1 aliphatic heterocycles. The maximum Gasteiger partial charge on any atom is 0.0444 e. The second-order valence-electron chi connectivity index (χ2n) is 2.17. The molecule has 0 amide bonds. The van der Waals surface area contributed by atoms with Gasteiger partial charge in [0.05, 0.1) is 0 Å². The molecule has 1 fully saturated rings. The fourth-order valence-electron chi connectivity index (χ4n) is 0.854. The van der Waals surface area contributed by atoms with Crippen LogP contribution in [0, 0.1) is 0 Å². The Kier molecular flexibility index (Phi) is 2.36. The van der Waals surface area contributed by atoms with Gasteiger partial charge in [-0.25, -0.2) is 0 Å². The molecule has 0 aromatic heterocycles. The summed E-state index contributed by atoms with van der Waals surface area (Å²) in [6, 6.07) is 0. The van der Waals surface area contributed by atoms with Gasteiger partial charge in [-0.3, -0.25) is 0 Å². The highest BCUT2D eigenvalue weighted by molar-refractivity contribution is 4.57. The maximum absolute atomic E-state index is 12.3. The van der Waals surface area contributed by atoms with Crippen LogP contribution in [0.1, 0.15) is 6.42 Å². The van der Waals surface area contributed by atoms with E-state index >= 15 is 0 Å². The van der Waals surface area contributed by atoms with E-state index in [1.54, 1.807) is 0 Å². The van der Waals surface area contributed by atoms with Crippen LogP contribution in [0.3, 0.4) is 0 Å². The normalized spacial score (nSPS) is 26.0. The Morgan fingerprint density at radius 2 is 1.22 bits per heavy atom. The molecule has 54 valence electrons. The molecule has 0 spiro atoms. The third-order valence-corrected chi connectivity index (χ3v) is 1.39. The minimum atomic E-state index is 0.191. The van der Waals surface area contributed by atoms with E-state index in [4.69, 9.17) is 0 Å². The zero-order valence-electron chi connectivity index (χ0n) is 5.19. The molecule has 1 aliphatic rings. The monoisotopic (exact) mass is 136 g/mol. The van der Waals surface area contributed by atoms with E-state index in [0.29, 0.717) is 29.8 Å². The highest BCUT2D eigenvalue weighted by Crippen LogP contribution is 2.02. The lowest BCUT2D eigenvalue weighted by atomic mass is 10.4. The van der Waals surface area contributed by atoms with Gasteiger partial charge in [-0.15, -0.1) is 19.2 Å². The number of hydrogen-bond donors (Lipinski definition) is 0. The van der Waals surface area contributed by atoms with Gasteiger partial charge in [0.1, 0.15) is 0 Å². The number of halogens is 2. The van der Waals surface area contributed by atoms with Crippen LogP contribution >= 0.6 is 0 Å². The molecule has 0 radical (unpaired) electrons. The van der Waals surface area contributed by atoms with Crippen molar-refractivity contribution in [2.75, 3.05) is 26.2 Å². The molecule has 9 heavy (non-hydrogen) atoms. The zero-order valence-corrected chi connectivity index (χ0v) is 5.19. The molecule has 0 aromatic carbocycles. The van der Waals surface area contributed by atoms with Crippen molar-refractivity contribution in [2.45, 2.75) is 6.42 Å². The Bertz CT molecular complexity index is 79.0. The lowest BCUT2D eigenvalue weighted by Gasteiger charge is -2.05. The van der Waals surface area contributed by atoms with E-state index in [0.717, 1.165) is 0 Å². The highest BCUT2D eigenvalue weighted by Gasteiger charge is 2.12. The summed E-state index contributed by atoms with van der Waals surface area (Å²) in [6.45, 7) is 1.11. The summed E-state index contributed by atoms with van der Waals surface area (Å²) in [6.07, 6.45) is 0.576. The van der Waals surface area contributed by atoms with Crippen molar-refractivity contribution in [1.82, 2.24) is 10.2 Å². The average Bonchev–Trinajstić information content (AvgIpc) is 1.97. The Labute approximate surface area is 52.9 Å². The van der Waals surface area contributed by atoms with E-state index in [1.165, 1.54) is 0 Å². The van der Waals surface area contributed by atoms with Crippen molar-refractivity contribution in [2.24, 2.45) is 0 Å². The lowest BCUT2D eigenvalue weighted by molar-refractivity contribution is 0.00198. The Morgan fingerprint density at radius 1 is 0.778 bits per heavy atom. The minimum absolute atomic E-state index is 0.191. The largest absolute Gasteiger partial charge is 0.145 e. The highest BCUT2D eigenvalue weighted by atomic mass is 19.2. The van der Waals surface area contributed by atoms with Crippen molar-refractivity contribution in [3.63, 3.8) is 0 Å².